The van der Waals surface area contributed by atoms with Crippen LogP contribution in [-0.4, -0.2) is 32.7 Å². The normalized spacial score (nSPS) is 11.2. The molecule has 0 radical (unpaired) electrons. The fourth-order valence-corrected chi connectivity index (χ4v) is 2.13. The molecule has 0 aliphatic rings. The van der Waals surface area contributed by atoms with E-state index in [1.54, 1.807) is 7.05 Å². The van der Waals surface area contributed by atoms with Crippen molar-refractivity contribution in [2.24, 2.45) is 4.99 Å². The highest BCUT2D eigenvalue weighted by Crippen LogP contribution is 2.09. The third kappa shape index (κ3) is 5.87. The summed E-state index contributed by atoms with van der Waals surface area (Å²) in [7, 11) is 1.65. The molecule has 0 aromatic heterocycles. The van der Waals surface area contributed by atoms with Crippen LogP contribution in [0.4, 0.5) is 8.78 Å². The lowest BCUT2D eigenvalue weighted by Gasteiger charge is -2.12. The van der Waals surface area contributed by atoms with Gasteiger partial charge in [-0.05, 0) is 42.3 Å². The summed E-state index contributed by atoms with van der Waals surface area (Å²) >= 11 is 0. The Kier molecular flexibility index (Phi) is 7.01. The largest absolute Gasteiger partial charge is 0.492 e. The zero-order valence-electron chi connectivity index (χ0n) is 13.6. The van der Waals surface area contributed by atoms with Gasteiger partial charge in [-0.15, -0.1) is 0 Å². The molecule has 0 spiro atoms. The van der Waals surface area contributed by atoms with Crippen LogP contribution in [0.25, 0.3) is 0 Å². The van der Waals surface area contributed by atoms with E-state index in [0.717, 1.165) is 17.9 Å². The van der Waals surface area contributed by atoms with Crippen LogP contribution in [0.15, 0.2) is 53.5 Å². The second-order valence-corrected chi connectivity index (χ2v) is 5.07. The molecular formula is C18H21F2N3O. The Morgan fingerprint density at radius 3 is 2.54 bits per heavy atom. The van der Waals surface area contributed by atoms with Crippen LogP contribution in [0, 0.1) is 11.6 Å². The first-order valence-electron chi connectivity index (χ1n) is 7.75. The van der Waals surface area contributed by atoms with E-state index in [2.05, 4.69) is 15.6 Å². The minimum Gasteiger partial charge on any atom is -0.492 e. The summed E-state index contributed by atoms with van der Waals surface area (Å²) in [5.41, 5.74) is 0.338. The van der Waals surface area contributed by atoms with Crippen LogP contribution in [-0.2, 0) is 6.42 Å². The van der Waals surface area contributed by atoms with Gasteiger partial charge in [0.15, 0.2) is 5.96 Å². The third-order valence-corrected chi connectivity index (χ3v) is 3.32. The van der Waals surface area contributed by atoms with Crippen molar-refractivity contribution in [3.63, 3.8) is 0 Å². The number of hydrogen-bond donors (Lipinski definition) is 2. The van der Waals surface area contributed by atoms with Gasteiger partial charge >= 0.3 is 0 Å². The van der Waals surface area contributed by atoms with Gasteiger partial charge in [-0.3, -0.25) is 4.99 Å². The highest BCUT2D eigenvalue weighted by atomic mass is 19.1. The van der Waals surface area contributed by atoms with Crippen LogP contribution in [0.3, 0.4) is 0 Å². The molecule has 128 valence electrons. The third-order valence-electron chi connectivity index (χ3n) is 3.32. The van der Waals surface area contributed by atoms with E-state index < -0.39 is 11.6 Å². The molecule has 0 heterocycles. The smallest absolute Gasteiger partial charge is 0.191 e. The van der Waals surface area contributed by atoms with Crippen molar-refractivity contribution in [3.05, 3.63) is 65.7 Å². The minimum absolute atomic E-state index is 0.338. The first-order valence-corrected chi connectivity index (χ1v) is 7.75. The van der Waals surface area contributed by atoms with Crippen LogP contribution >= 0.6 is 0 Å². The number of ether oxygens (including phenoxy) is 1. The fourth-order valence-electron chi connectivity index (χ4n) is 2.13. The summed E-state index contributed by atoms with van der Waals surface area (Å²) in [6.07, 6.45) is 0.366. The highest BCUT2D eigenvalue weighted by Gasteiger charge is 2.04. The average molecular weight is 333 g/mol. The van der Waals surface area contributed by atoms with Gasteiger partial charge in [-0.1, -0.05) is 18.2 Å². The van der Waals surface area contributed by atoms with Crippen molar-refractivity contribution < 1.29 is 13.5 Å². The lowest BCUT2D eigenvalue weighted by atomic mass is 10.1. The first-order chi connectivity index (χ1) is 11.7. The van der Waals surface area contributed by atoms with E-state index in [1.807, 2.05) is 30.3 Å². The van der Waals surface area contributed by atoms with Gasteiger partial charge in [0.2, 0.25) is 0 Å². The maximum Gasteiger partial charge on any atom is 0.191 e. The Labute approximate surface area is 140 Å². The SMILES string of the molecule is CN=C(NCCOc1ccccc1)NCCc1cc(F)ccc1F. The molecule has 4 nitrogen and oxygen atoms in total. The average Bonchev–Trinajstić information content (AvgIpc) is 2.61. The van der Waals surface area contributed by atoms with Crippen LogP contribution in [0.2, 0.25) is 0 Å². The second kappa shape index (κ2) is 9.50. The first kappa shape index (κ1) is 17.7. The predicted octanol–water partition coefficient (Wildman–Crippen LogP) is 2.75. The number of guanidine groups is 1. The molecular weight excluding hydrogens is 312 g/mol. The predicted molar refractivity (Wildman–Crippen MR) is 91.4 cm³/mol. The molecule has 0 amide bonds. The summed E-state index contributed by atoms with van der Waals surface area (Å²) in [6.45, 7) is 1.51. The van der Waals surface area contributed by atoms with Gasteiger partial charge in [0.25, 0.3) is 0 Å². The number of benzene rings is 2. The number of rotatable bonds is 7. The molecule has 0 unspecified atom stereocenters. The molecule has 2 rings (SSSR count). The second-order valence-electron chi connectivity index (χ2n) is 5.07. The summed E-state index contributed by atoms with van der Waals surface area (Å²) < 4.78 is 32.2. The van der Waals surface area contributed by atoms with E-state index in [1.165, 1.54) is 6.07 Å². The number of nitrogens with one attached hydrogen (secondary N) is 2. The molecule has 24 heavy (non-hydrogen) atoms. The molecule has 0 saturated heterocycles. The van der Waals surface area contributed by atoms with Gasteiger partial charge in [0.1, 0.15) is 24.0 Å². The Balaban J connectivity index is 1.68. The molecule has 0 aliphatic heterocycles. The topological polar surface area (TPSA) is 45.7 Å². The van der Waals surface area contributed by atoms with Gasteiger partial charge < -0.3 is 15.4 Å². The summed E-state index contributed by atoms with van der Waals surface area (Å²) in [4.78, 5) is 4.07. The van der Waals surface area contributed by atoms with Crippen LogP contribution < -0.4 is 15.4 Å². The zero-order chi connectivity index (χ0) is 17.2. The molecule has 0 atom stereocenters. The van der Waals surface area contributed by atoms with E-state index in [9.17, 15) is 8.78 Å². The molecule has 2 aromatic carbocycles. The van der Waals surface area contributed by atoms with Crippen molar-refractivity contribution in [3.8, 4) is 5.75 Å². The number of nitrogens with zero attached hydrogens (tertiary/aromatic N) is 1. The van der Waals surface area contributed by atoms with E-state index in [0.29, 0.717) is 37.6 Å². The maximum atomic E-state index is 13.5. The van der Waals surface area contributed by atoms with Gasteiger partial charge in [-0.2, -0.15) is 0 Å². The number of halogens is 2. The molecule has 0 fully saturated rings. The number of hydrogen-bond acceptors (Lipinski definition) is 2. The monoisotopic (exact) mass is 333 g/mol. The molecule has 2 aromatic rings. The quantitative estimate of drug-likeness (QED) is 0.465. The van der Waals surface area contributed by atoms with Gasteiger partial charge in [0.05, 0.1) is 6.54 Å². The van der Waals surface area contributed by atoms with Gasteiger partial charge in [0, 0.05) is 13.6 Å². The summed E-state index contributed by atoms with van der Waals surface area (Å²) in [5.74, 6) is 0.552. The van der Waals surface area contributed by atoms with Crippen molar-refractivity contribution in [1.29, 1.82) is 0 Å². The van der Waals surface area contributed by atoms with Crippen molar-refractivity contribution in [2.45, 2.75) is 6.42 Å². The van der Waals surface area contributed by atoms with Crippen LogP contribution in [0.1, 0.15) is 5.56 Å². The standard InChI is InChI=1S/C18H21F2N3O/c1-21-18(23-11-12-24-16-5-3-2-4-6-16)22-10-9-14-13-15(19)7-8-17(14)20/h2-8,13H,9-12H2,1H3,(H2,21,22,23). The lowest BCUT2D eigenvalue weighted by molar-refractivity contribution is 0.322. The molecule has 6 heteroatoms. The Morgan fingerprint density at radius 1 is 1.04 bits per heavy atom. The van der Waals surface area contributed by atoms with E-state index >= 15 is 0 Å². The Morgan fingerprint density at radius 2 is 1.79 bits per heavy atom. The lowest BCUT2D eigenvalue weighted by Crippen LogP contribution is -2.40. The minimum atomic E-state index is -0.438. The molecule has 0 saturated carbocycles. The summed E-state index contributed by atoms with van der Waals surface area (Å²) in [6, 6.07) is 13.0. The summed E-state index contributed by atoms with van der Waals surface area (Å²) in [5, 5.41) is 6.16. The van der Waals surface area contributed by atoms with Crippen molar-refractivity contribution in [1.82, 2.24) is 10.6 Å². The van der Waals surface area contributed by atoms with E-state index in [4.69, 9.17) is 4.74 Å². The molecule has 2 N–H and O–H groups in total. The number of aliphatic imine (C=N–C) groups is 1. The Hall–Kier alpha value is -2.63. The molecule has 0 aliphatic carbocycles. The highest BCUT2D eigenvalue weighted by molar-refractivity contribution is 5.79. The van der Waals surface area contributed by atoms with Crippen molar-refractivity contribution >= 4 is 5.96 Å². The molecule has 0 bridgehead atoms. The van der Waals surface area contributed by atoms with Crippen molar-refractivity contribution in [2.75, 3.05) is 26.7 Å². The maximum absolute atomic E-state index is 13.5. The zero-order valence-corrected chi connectivity index (χ0v) is 13.6. The van der Waals surface area contributed by atoms with Gasteiger partial charge in [-0.25, -0.2) is 8.78 Å². The fraction of sp³-hybridized carbons (Fsp3) is 0.278. The number of para-hydroxylation sites is 1. The Bertz CT molecular complexity index is 663. The van der Waals surface area contributed by atoms with Crippen LogP contribution in [0.5, 0.6) is 5.75 Å². The van der Waals surface area contributed by atoms with E-state index in [-0.39, 0.29) is 0 Å².